The van der Waals surface area contributed by atoms with Crippen LogP contribution in [0.3, 0.4) is 0 Å². The Kier molecular flexibility index (Phi) is 3.84. The maximum Gasteiger partial charge on any atom is 0.323 e. The molecule has 0 aliphatic carbocycles. The molecule has 0 saturated heterocycles. The minimum Gasteiger partial charge on any atom is -0.506 e. The number of aromatic hydroxyl groups is 1. The number of hydrogen-bond donors (Lipinski definition) is 3. The first-order valence-corrected chi connectivity index (χ1v) is 6.06. The van der Waals surface area contributed by atoms with Crippen molar-refractivity contribution in [3.8, 4) is 5.75 Å². The van der Waals surface area contributed by atoms with E-state index in [0.29, 0.717) is 11.4 Å². The van der Waals surface area contributed by atoms with E-state index in [1.54, 1.807) is 30.3 Å². The largest absolute Gasteiger partial charge is 0.506 e. The van der Waals surface area contributed by atoms with Gasteiger partial charge in [0.15, 0.2) is 0 Å². The van der Waals surface area contributed by atoms with Crippen LogP contribution in [0.4, 0.5) is 16.2 Å². The van der Waals surface area contributed by atoms with E-state index in [0.717, 1.165) is 4.47 Å². The highest BCUT2D eigenvalue weighted by atomic mass is 79.9. The zero-order chi connectivity index (χ0) is 13.0. The quantitative estimate of drug-likeness (QED) is 0.739. The molecule has 2 aromatic carbocycles. The molecule has 18 heavy (non-hydrogen) atoms. The zero-order valence-electron chi connectivity index (χ0n) is 9.35. The van der Waals surface area contributed by atoms with Gasteiger partial charge in [-0.15, -0.1) is 0 Å². The van der Waals surface area contributed by atoms with E-state index in [2.05, 4.69) is 26.6 Å². The van der Waals surface area contributed by atoms with Crippen LogP contribution in [0.15, 0.2) is 53.0 Å². The first kappa shape index (κ1) is 12.4. The van der Waals surface area contributed by atoms with Gasteiger partial charge < -0.3 is 15.7 Å². The maximum atomic E-state index is 11.7. The minimum atomic E-state index is -0.408. The molecular formula is C13H11BrN2O2. The molecule has 2 rings (SSSR count). The number of urea groups is 1. The number of carbonyl (C=O) groups excluding carboxylic acids is 1. The topological polar surface area (TPSA) is 61.4 Å². The molecule has 0 atom stereocenters. The second-order valence-electron chi connectivity index (χ2n) is 3.61. The normalized spacial score (nSPS) is 9.83. The van der Waals surface area contributed by atoms with Crippen LogP contribution in [0, 0.1) is 0 Å². The molecule has 0 aromatic heterocycles. The molecule has 0 spiro atoms. The lowest BCUT2D eigenvalue weighted by Gasteiger charge is -2.08. The molecule has 0 saturated carbocycles. The number of hydrogen-bond acceptors (Lipinski definition) is 2. The van der Waals surface area contributed by atoms with Gasteiger partial charge in [-0.3, -0.25) is 0 Å². The van der Waals surface area contributed by atoms with E-state index in [1.165, 1.54) is 6.07 Å². The van der Waals surface area contributed by atoms with E-state index in [1.807, 2.05) is 12.1 Å². The Balaban J connectivity index is 2.03. The van der Waals surface area contributed by atoms with Gasteiger partial charge in [-0.05, 0) is 30.3 Å². The number of nitrogens with one attached hydrogen (secondary N) is 2. The van der Waals surface area contributed by atoms with Gasteiger partial charge in [0.25, 0.3) is 0 Å². The third-order valence-corrected chi connectivity index (χ3v) is 2.73. The summed E-state index contributed by atoms with van der Waals surface area (Å²) in [5.74, 6) is 0.0295. The Bertz CT molecular complexity index is 572. The van der Waals surface area contributed by atoms with Gasteiger partial charge in [0, 0.05) is 10.2 Å². The number of para-hydroxylation sites is 2. The summed E-state index contributed by atoms with van der Waals surface area (Å²) < 4.78 is 0.878. The predicted molar refractivity (Wildman–Crippen MR) is 74.9 cm³/mol. The van der Waals surface area contributed by atoms with Crippen LogP contribution >= 0.6 is 15.9 Å². The molecule has 0 fully saturated rings. The number of benzene rings is 2. The second kappa shape index (κ2) is 5.55. The molecular weight excluding hydrogens is 296 g/mol. The van der Waals surface area contributed by atoms with Gasteiger partial charge in [0.05, 0.1) is 5.69 Å². The summed E-state index contributed by atoms with van der Waals surface area (Å²) in [6, 6.07) is 13.4. The predicted octanol–water partition coefficient (Wildman–Crippen LogP) is 3.80. The van der Waals surface area contributed by atoms with Gasteiger partial charge in [0.2, 0.25) is 0 Å². The van der Waals surface area contributed by atoms with Crippen LogP contribution in [0.5, 0.6) is 5.75 Å². The van der Waals surface area contributed by atoms with Crippen LogP contribution < -0.4 is 10.6 Å². The summed E-state index contributed by atoms with van der Waals surface area (Å²) in [4.78, 5) is 11.7. The standard InChI is InChI=1S/C13H11BrN2O2/c14-9-4-3-5-10(8-9)15-13(18)16-11-6-1-2-7-12(11)17/h1-8,17H,(H2,15,16,18). The Hall–Kier alpha value is -2.01. The SMILES string of the molecule is O=C(Nc1cccc(Br)c1)Nc1ccccc1O. The molecule has 3 N–H and O–H groups in total. The van der Waals surface area contributed by atoms with Crippen molar-refractivity contribution in [1.82, 2.24) is 0 Å². The Morgan fingerprint density at radius 3 is 2.56 bits per heavy atom. The number of phenols is 1. The first-order chi connectivity index (χ1) is 8.65. The lowest BCUT2D eigenvalue weighted by atomic mass is 10.3. The second-order valence-corrected chi connectivity index (χ2v) is 4.52. The maximum absolute atomic E-state index is 11.7. The molecule has 5 heteroatoms. The molecule has 92 valence electrons. The summed E-state index contributed by atoms with van der Waals surface area (Å²) in [6.45, 7) is 0. The third kappa shape index (κ3) is 3.24. The van der Waals surface area contributed by atoms with Gasteiger partial charge >= 0.3 is 6.03 Å². The van der Waals surface area contributed by atoms with Gasteiger partial charge in [-0.25, -0.2) is 4.79 Å². The van der Waals surface area contributed by atoms with Crippen LogP contribution in [0.1, 0.15) is 0 Å². The minimum absolute atomic E-state index is 0.0295. The molecule has 0 bridgehead atoms. The first-order valence-electron chi connectivity index (χ1n) is 5.27. The summed E-state index contributed by atoms with van der Waals surface area (Å²) >= 11 is 3.32. The molecule has 2 aromatic rings. The molecule has 0 radical (unpaired) electrons. The number of rotatable bonds is 2. The van der Waals surface area contributed by atoms with Crippen LogP contribution in [0.2, 0.25) is 0 Å². The molecule has 0 aliphatic heterocycles. The van der Waals surface area contributed by atoms with Crippen molar-refractivity contribution in [2.45, 2.75) is 0 Å². The molecule has 2 amide bonds. The third-order valence-electron chi connectivity index (χ3n) is 2.23. The number of halogens is 1. The summed E-state index contributed by atoms with van der Waals surface area (Å²) in [5.41, 5.74) is 1.03. The zero-order valence-corrected chi connectivity index (χ0v) is 10.9. The molecule has 0 unspecified atom stereocenters. The fourth-order valence-corrected chi connectivity index (χ4v) is 1.83. The van der Waals surface area contributed by atoms with Crippen LogP contribution in [0.25, 0.3) is 0 Å². The van der Waals surface area contributed by atoms with Crippen LogP contribution in [-0.2, 0) is 0 Å². The fourth-order valence-electron chi connectivity index (χ4n) is 1.43. The smallest absolute Gasteiger partial charge is 0.323 e. The Morgan fingerprint density at radius 2 is 1.83 bits per heavy atom. The van der Waals surface area contributed by atoms with E-state index < -0.39 is 6.03 Å². The number of anilines is 2. The highest BCUT2D eigenvalue weighted by molar-refractivity contribution is 9.10. The summed E-state index contributed by atoms with van der Waals surface area (Å²) in [7, 11) is 0. The van der Waals surface area contributed by atoms with Gasteiger partial charge in [0.1, 0.15) is 5.75 Å². The molecule has 0 aliphatic rings. The fraction of sp³-hybridized carbons (Fsp3) is 0. The molecule has 4 nitrogen and oxygen atoms in total. The number of phenolic OH excluding ortho intramolecular Hbond substituents is 1. The average molecular weight is 307 g/mol. The van der Waals surface area contributed by atoms with Crippen molar-refractivity contribution in [2.24, 2.45) is 0 Å². The number of amides is 2. The highest BCUT2D eigenvalue weighted by Crippen LogP contribution is 2.22. The monoisotopic (exact) mass is 306 g/mol. The lowest BCUT2D eigenvalue weighted by molar-refractivity contribution is 0.262. The van der Waals surface area contributed by atoms with E-state index in [4.69, 9.17) is 0 Å². The van der Waals surface area contributed by atoms with Crippen molar-refractivity contribution < 1.29 is 9.90 Å². The average Bonchev–Trinajstić information content (AvgIpc) is 2.32. The summed E-state index contributed by atoms with van der Waals surface area (Å²) in [6.07, 6.45) is 0. The Labute approximate surface area is 113 Å². The van der Waals surface area contributed by atoms with Crippen LogP contribution in [-0.4, -0.2) is 11.1 Å². The van der Waals surface area contributed by atoms with Crippen molar-refractivity contribution in [1.29, 1.82) is 0 Å². The van der Waals surface area contributed by atoms with Crippen molar-refractivity contribution in [3.63, 3.8) is 0 Å². The van der Waals surface area contributed by atoms with Gasteiger partial charge in [-0.1, -0.05) is 34.1 Å². The van der Waals surface area contributed by atoms with Crippen molar-refractivity contribution >= 4 is 33.3 Å². The van der Waals surface area contributed by atoms with Gasteiger partial charge in [-0.2, -0.15) is 0 Å². The Morgan fingerprint density at radius 1 is 1.06 bits per heavy atom. The van der Waals surface area contributed by atoms with E-state index >= 15 is 0 Å². The highest BCUT2D eigenvalue weighted by Gasteiger charge is 2.05. The van der Waals surface area contributed by atoms with Crippen molar-refractivity contribution in [2.75, 3.05) is 10.6 Å². The van der Waals surface area contributed by atoms with Crippen molar-refractivity contribution in [3.05, 3.63) is 53.0 Å². The lowest BCUT2D eigenvalue weighted by Crippen LogP contribution is -2.19. The summed E-state index contributed by atoms with van der Waals surface area (Å²) in [5, 5.41) is 14.7. The molecule has 0 heterocycles. The number of carbonyl (C=O) groups is 1. The van der Waals surface area contributed by atoms with E-state index in [-0.39, 0.29) is 5.75 Å². The van der Waals surface area contributed by atoms with E-state index in [9.17, 15) is 9.90 Å².